The fraction of sp³-hybridized carbons (Fsp3) is 0.385. The van der Waals surface area contributed by atoms with Crippen molar-refractivity contribution in [3.05, 3.63) is 42.0 Å². The summed E-state index contributed by atoms with van der Waals surface area (Å²) in [7, 11) is 0. The number of hydrogen-bond acceptors (Lipinski definition) is 0. The summed E-state index contributed by atoms with van der Waals surface area (Å²) in [4.78, 5) is 0. The molecule has 0 aliphatic rings. The van der Waals surface area contributed by atoms with Gasteiger partial charge in [0, 0.05) is 0 Å². The van der Waals surface area contributed by atoms with E-state index in [4.69, 9.17) is 0 Å². The molecule has 0 N–H and O–H groups in total. The van der Waals surface area contributed by atoms with Crippen molar-refractivity contribution in [1.29, 1.82) is 0 Å². The second kappa shape index (κ2) is 4.27. The van der Waals surface area contributed by atoms with E-state index in [9.17, 15) is 0 Å². The van der Waals surface area contributed by atoms with Crippen LogP contribution in [0, 0.1) is 0 Å². The molecule has 0 aliphatic carbocycles. The second-order valence-electron chi connectivity index (χ2n) is 3.73. The summed E-state index contributed by atoms with van der Waals surface area (Å²) in [6.45, 7) is 10.6. The molecule has 0 nitrogen and oxygen atoms in total. The van der Waals surface area contributed by atoms with Gasteiger partial charge in [-0.1, -0.05) is 51.6 Å². The molecule has 0 radical (unpaired) electrons. The van der Waals surface area contributed by atoms with Crippen LogP contribution < -0.4 is 0 Å². The van der Waals surface area contributed by atoms with Crippen LogP contribution in [0.5, 0.6) is 0 Å². The van der Waals surface area contributed by atoms with Gasteiger partial charge in [-0.3, -0.25) is 0 Å². The van der Waals surface area contributed by atoms with Crippen LogP contribution in [0.15, 0.2) is 30.8 Å². The molecule has 0 fully saturated rings. The second-order valence-corrected chi connectivity index (χ2v) is 3.73. The number of hydrogen-bond donors (Lipinski definition) is 0. The molecule has 0 saturated carbocycles. The summed E-state index contributed by atoms with van der Waals surface area (Å²) in [6, 6.07) is 8.73. The highest BCUT2D eigenvalue weighted by Gasteiger charge is 1.99. The Labute approximate surface area is 81.3 Å². The molecule has 0 atom stereocenters. The minimum atomic E-state index is 0.615. The molecule has 0 amide bonds. The molecule has 0 unspecified atom stereocenters. The highest BCUT2D eigenvalue weighted by Crippen LogP contribution is 2.19. The molecular formula is C13H18. The van der Waals surface area contributed by atoms with Crippen molar-refractivity contribution in [2.24, 2.45) is 0 Å². The van der Waals surface area contributed by atoms with Gasteiger partial charge >= 0.3 is 0 Å². The average Bonchev–Trinajstić information content (AvgIpc) is 2.17. The average molecular weight is 174 g/mol. The van der Waals surface area contributed by atoms with Gasteiger partial charge in [0.05, 0.1) is 0 Å². The lowest BCUT2D eigenvalue weighted by Gasteiger charge is -2.07. The zero-order valence-electron chi connectivity index (χ0n) is 8.80. The Hall–Kier alpha value is -1.04. The van der Waals surface area contributed by atoms with E-state index in [0.29, 0.717) is 5.92 Å². The lowest BCUT2D eigenvalue weighted by molar-refractivity contribution is 0.866. The smallest absolute Gasteiger partial charge is 0.0219 e. The normalized spacial score (nSPS) is 10.5. The molecule has 0 bridgehead atoms. The summed E-state index contributed by atoms with van der Waals surface area (Å²) < 4.78 is 0. The molecule has 0 aliphatic heterocycles. The zero-order valence-corrected chi connectivity index (χ0v) is 8.80. The van der Waals surface area contributed by atoms with Gasteiger partial charge in [0.1, 0.15) is 0 Å². The monoisotopic (exact) mass is 174 g/mol. The highest BCUT2D eigenvalue weighted by molar-refractivity contribution is 5.63. The van der Waals surface area contributed by atoms with Gasteiger partial charge in [0.15, 0.2) is 0 Å². The predicted octanol–water partition coefficient (Wildman–Crippen LogP) is 4.23. The third kappa shape index (κ3) is 2.45. The maximum Gasteiger partial charge on any atom is -0.0219 e. The summed E-state index contributed by atoms with van der Waals surface area (Å²) in [6.07, 6.45) is 1.03. The quantitative estimate of drug-likeness (QED) is 0.643. The Morgan fingerprint density at radius 2 is 1.77 bits per heavy atom. The van der Waals surface area contributed by atoms with Gasteiger partial charge in [-0.2, -0.15) is 0 Å². The van der Waals surface area contributed by atoms with Gasteiger partial charge in [-0.05, 0) is 29.0 Å². The molecule has 0 spiro atoms. The number of allylic oxidation sites excluding steroid dienone is 1. The minimum Gasteiger partial charge on any atom is -0.0952 e. The third-order valence-corrected chi connectivity index (χ3v) is 2.41. The fourth-order valence-electron chi connectivity index (χ4n) is 1.31. The molecule has 1 aromatic carbocycles. The molecule has 0 heterocycles. The first-order chi connectivity index (χ1) is 6.15. The molecule has 0 aromatic heterocycles. The number of rotatable bonds is 3. The van der Waals surface area contributed by atoms with E-state index in [-0.39, 0.29) is 0 Å². The van der Waals surface area contributed by atoms with E-state index in [2.05, 4.69) is 51.6 Å². The molecule has 70 valence electrons. The van der Waals surface area contributed by atoms with Crippen LogP contribution in [0.2, 0.25) is 0 Å². The zero-order chi connectivity index (χ0) is 9.84. The Balaban J connectivity index is 2.87. The third-order valence-electron chi connectivity index (χ3n) is 2.41. The molecular weight excluding hydrogens is 156 g/mol. The van der Waals surface area contributed by atoms with E-state index >= 15 is 0 Å². The van der Waals surface area contributed by atoms with E-state index < -0.39 is 0 Å². The van der Waals surface area contributed by atoms with Gasteiger partial charge in [-0.15, -0.1) is 0 Å². The van der Waals surface area contributed by atoms with Crippen molar-refractivity contribution in [3.63, 3.8) is 0 Å². The van der Waals surface area contributed by atoms with E-state index in [1.165, 1.54) is 16.7 Å². The predicted molar refractivity (Wildman–Crippen MR) is 59.9 cm³/mol. The van der Waals surface area contributed by atoms with Gasteiger partial charge < -0.3 is 0 Å². The Kier molecular flexibility index (Phi) is 3.30. The van der Waals surface area contributed by atoms with Crippen molar-refractivity contribution >= 4 is 5.57 Å². The molecule has 1 rings (SSSR count). The van der Waals surface area contributed by atoms with Crippen LogP contribution in [0.25, 0.3) is 5.57 Å². The summed E-state index contributed by atoms with van der Waals surface area (Å²) in [5.74, 6) is 0.615. The number of benzene rings is 1. The Morgan fingerprint density at radius 1 is 1.23 bits per heavy atom. The minimum absolute atomic E-state index is 0.615. The standard InChI is InChI=1S/C13H18/c1-5-11(4)13-8-6-12(7-9-13)10(2)3/h6-10H,4-5H2,1-3H3. The Morgan fingerprint density at radius 3 is 2.15 bits per heavy atom. The van der Waals surface area contributed by atoms with Crippen LogP contribution in [-0.2, 0) is 0 Å². The Bertz CT molecular complexity index is 277. The summed E-state index contributed by atoms with van der Waals surface area (Å²) in [5.41, 5.74) is 3.88. The first kappa shape index (κ1) is 10.0. The van der Waals surface area contributed by atoms with Crippen molar-refractivity contribution in [1.82, 2.24) is 0 Å². The highest BCUT2D eigenvalue weighted by atomic mass is 14.0. The van der Waals surface area contributed by atoms with Crippen LogP contribution in [0.3, 0.4) is 0 Å². The summed E-state index contributed by atoms with van der Waals surface area (Å²) in [5, 5.41) is 0. The van der Waals surface area contributed by atoms with Crippen molar-refractivity contribution < 1.29 is 0 Å². The first-order valence-corrected chi connectivity index (χ1v) is 4.93. The largest absolute Gasteiger partial charge is 0.0952 e. The maximum absolute atomic E-state index is 4.02. The summed E-state index contributed by atoms with van der Waals surface area (Å²) >= 11 is 0. The first-order valence-electron chi connectivity index (χ1n) is 4.93. The van der Waals surface area contributed by atoms with Gasteiger partial charge in [0.25, 0.3) is 0 Å². The lowest BCUT2D eigenvalue weighted by atomic mass is 9.99. The van der Waals surface area contributed by atoms with Crippen LogP contribution in [0.1, 0.15) is 44.2 Å². The van der Waals surface area contributed by atoms with Crippen molar-refractivity contribution in [2.45, 2.75) is 33.1 Å². The lowest BCUT2D eigenvalue weighted by Crippen LogP contribution is -1.87. The van der Waals surface area contributed by atoms with Gasteiger partial charge in [0.2, 0.25) is 0 Å². The van der Waals surface area contributed by atoms with Crippen LogP contribution in [0.4, 0.5) is 0 Å². The van der Waals surface area contributed by atoms with E-state index in [1.807, 2.05) is 0 Å². The van der Waals surface area contributed by atoms with E-state index in [0.717, 1.165) is 6.42 Å². The van der Waals surface area contributed by atoms with E-state index in [1.54, 1.807) is 0 Å². The molecule has 0 saturated heterocycles. The van der Waals surface area contributed by atoms with Crippen molar-refractivity contribution in [2.75, 3.05) is 0 Å². The molecule has 13 heavy (non-hydrogen) atoms. The molecule has 0 heteroatoms. The maximum atomic E-state index is 4.02. The van der Waals surface area contributed by atoms with Crippen molar-refractivity contribution in [3.8, 4) is 0 Å². The van der Waals surface area contributed by atoms with Crippen LogP contribution >= 0.6 is 0 Å². The molecule has 1 aromatic rings. The SMILES string of the molecule is C=C(CC)c1ccc(C(C)C)cc1. The van der Waals surface area contributed by atoms with Gasteiger partial charge in [-0.25, -0.2) is 0 Å². The fourth-order valence-corrected chi connectivity index (χ4v) is 1.31. The topological polar surface area (TPSA) is 0 Å². The van der Waals surface area contributed by atoms with Crippen LogP contribution in [-0.4, -0.2) is 0 Å².